The molecule has 3 amide bonds. The molecule has 3 saturated heterocycles. The normalized spacial score (nSPS) is 28.7. The van der Waals surface area contributed by atoms with E-state index in [1.54, 1.807) is 4.90 Å². The highest BCUT2D eigenvalue weighted by atomic mass is 16.5. The molecule has 0 aliphatic carbocycles. The predicted octanol–water partition coefficient (Wildman–Crippen LogP) is 0.179. The van der Waals surface area contributed by atoms with Crippen LogP contribution in [-0.2, 0) is 25.5 Å². The average Bonchev–Trinajstić information content (AvgIpc) is 3.36. The lowest BCUT2D eigenvalue weighted by Gasteiger charge is -2.25. The third kappa shape index (κ3) is 3.26. The van der Waals surface area contributed by atoms with Gasteiger partial charge in [-0.05, 0) is 24.8 Å². The Balaban J connectivity index is 1.40. The third-order valence-corrected chi connectivity index (χ3v) is 5.93. The summed E-state index contributed by atoms with van der Waals surface area (Å²) in [7, 11) is 0. The number of nitrogens with zero attached hydrogens (tertiary/aromatic N) is 2. The molecule has 144 valence electrons. The van der Waals surface area contributed by atoms with E-state index in [0.717, 1.165) is 23.3 Å². The first-order chi connectivity index (χ1) is 13.1. The van der Waals surface area contributed by atoms with E-state index >= 15 is 0 Å². The fourth-order valence-electron chi connectivity index (χ4n) is 4.59. The molecule has 1 aromatic carbocycles. The molecule has 4 atom stereocenters. The number of rotatable bonds is 7. The summed E-state index contributed by atoms with van der Waals surface area (Å²) in [6, 6.07) is 9.89. The quantitative estimate of drug-likeness (QED) is 0.690. The zero-order valence-corrected chi connectivity index (χ0v) is 15.3. The molecule has 7 nitrogen and oxygen atoms in total. The van der Waals surface area contributed by atoms with Crippen LogP contribution in [0.4, 0.5) is 0 Å². The van der Waals surface area contributed by atoms with Gasteiger partial charge in [0.2, 0.25) is 17.7 Å². The van der Waals surface area contributed by atoms with E-state index in [1.807, 2.05) is 30.3 Å². The Labute approximate surface area is 158 Å². The Hall–Kier alpha value is -2.25. The van der Waals surface area contributed by atoms with E-state index in [1.165, 1.54) is 0 Å². The number of carbonyl (C=O) groups excluding carboxylic acids is 3. The monoisotopic (exact) mass is 371 g/mol. The lowest BCUT2D eigenvalue weighted by Crippen LogP contribution is -2.46. The van der Waals surface area contributed by atoms with Gasteiger partial charge in [-0.15, -0.1) is 0 Å². The van der Waals surface area contributed by atoms with Crippen molar-refractivity contribution in [1.82, 2.24) is 9.80 Å². The Morgan fingerprint density at radius 3 is 2.30 bits per heavy atom. The maximum absolute atomic E-state index is 12.8. The minimum atomic E-state index is -0.392. The maximum atomic E-state index is 12.8. The maximum Gasteiger partial charge on any atom is 0.242 e. The van der Waals surface area contributed by atoms with Crippen LogP contribution in [0.2, 0.25) is 0 Å². The summed E-state index contributed by atoms with van der Waals surface area (Å²) in [6.45, 7) is 1.06. The molecule has 2 N–H and O–H groups in total. The van der Waals surface area contributed by atoms with Crippen LogP contribution in [0.25, 0.3) is 0 Å². The highest BCUT2D eigenvalue weighted by molar-refractivity contribution is 6.08. The standard InChI is InChI=1S/C20H25N3O4/c21-9-11-22(10-8-13-4-2-1-3-5-13)16(24)12-23-19(25)17-14-6-7-15(27-14)18(17)20(23)26/h1-5,14-15,17-18H,6-12,21H2. The minimum Gasteiger partial charge on any atom is -0.373 e. The Morgan fingerprint density at radius 1 is 1.07 bits per heavy atom. The SMILES string of the molecule is NCCN(CCc1ccccc1)C(=O)CN1C(=O)C2C3CCC(O3)C2C1=O. The zero-order valence-electron chi connectivity index (χ0n) is 15.3. The minimum absolute atomic E-state index is 0.158. The summed E-state index contributed by atoms with van der Waals surface area (Å²) in [5.74, 6) is -1.51. The molecule has 4 rings (SSSR count). The number of likely N-dealkylation sites (tertiary alicyclic amines) is 1. The smallest absolute Gasteiger partial charge is 0.242 e. The second kappa shape index (κ2) is 7.40. The summed E-state index contributed by atoms with van der Waals surface area (Å²) in [5.41, 5.74) is 6.79. The zero-order chi connectivity index (χ0) is 19.0. The van der Waals surface area contributed by atoms with Gasteiger partial charge in [0.05, 0.1) is 24.0 Å². The van der Waals surface area contributed by atoms with Crippen molar-refractivity contribution in [2.75, 3.05) is 26.2 Å². The summed E-state index contributed by atoms with van der Waals surface area (Å²) >= 11 is 0. The number of nitrogens with two attached hydrogens (primary N) is 1. The molecule has 3 fully saturated rings. The number of fused-ring (bicyclic) bond motifs is 5. The Kier molecular flexibility index (Phi) is 4.97. The topological polar surface area (TPSA) is 92.9 Å². The van der Waals surface area contributed by atoms with Crippen LogP contribution in [-0.4, -0.2) is 65.9 Å². The molecule has 3 aliphatic rings. The van der Waals surface area contributed by atoms with Crippen molar-refractivity contribution in [3.63, 3.8) is 0 Å². The van der Waals surface area contributed by atoms with Gasteiger partial charge in [-0.2, -0.15) is 0 Å². The lowest BCUT2D eigenvalue weighted by atomic mass is 9.81. The van der Waals surface area contributed by atoms with Crippen LogP contribution >= 0.6 is 0 Å². The molecule has 27 heavy (non-hydrogen) atoms. The second-order valence-corrected chi connectivity index (χ2v) is 7.51. The average molecular weight is 371 g/mol. The lowest BCUT2D eigenvalue weighted by molar-refractivity contribution is -0.148. The van der Waals surface area contributed by atoms with Crippen molar-refractivity contribution < 1.29 is 19.1 Å². The largest absolute Gasteiger partial charge is 0.373 e. The fourth-order valence-corrected chi connectivity index (χ4v) is 4.59. The summed E-state index contributed by atoms with van der Waals surface area (Å²) < 4.78 is 5.73. The van der Waals surface area contributed by atoms with Gasteiger partial charge in [-0.1, -0.05) is 30.3 Å². The van der Waals surface area contributed by atoms with Gasteiger partial charge in [-0.3, -0.25) is 19.3 Å². The molecule has 0 spiro atoms. The van der Waals surface area contributed by atoms with Gasteiger partial charge in [0, 0.05) is 19.6 Å². The number of carbonyl (C=O) groups is 3. The molecule has 1 aromatic rings. The number of hydrogen-bond donors (Lipinski definition) is 1. The van der Waals surface area contributed by atoms with Gasteiger partial charge in [0.15, 0.2) is 0 Å². The van der Waals surface area contributed by atoms with E-state index < -0.39 is 11.8 Å². The number of hydrogen-bond acceptors (Lipinski definition) is 5. The van der Waals surface area contributed by atoms with Crippen molar-refractivity contribution in [3.05, 3.63) is 35.9 Å². The van der Waals surface area contributed by atoms with Crippen molar-refractivity contribution in [1.29, 1.82) is 0 Å². The first kappa shape index (κ1) is 18.1. The number of ether oxygens (including phenoxy) is 1. The van der Waals surface area contributed by atoms with E-state index in [4.69, 9.17) is 10.5 Å². The van der Waals surface area contributed by atoms with Crippen molar-refractivity contribution in [2.45, 2.75) is 31.5 Å². The molecule has 7 heteroatoms. The summed E-state index contributed by atoms with van der Waals surface area (Å²) in [5, 5.41) is 0. The summed E-state index contributed by atoms with van der Waals surface area (Å²) in [6.07, 6.45) is 2.04. The molecule has 3 heterocycles. The molecular weight excluding hydrogens is 346 g/mol. The summed E-state index contributed by atoms with van der Waals surface area (Å²) in [4.78, 5) is 41.0. The Bertz CT molecular complexity index is 710. The van der Waals surface area contributed by atoms with Crippen LogP contribution in [0.1, 0.15) is 18.4 Å². The first-order valence-corrected chi connectivity index (χ1v) is 9.62. The van der Waals surface area contributed by atoms with E-state index in [2.05, 4.69) is 0 Å². The van der Waals surface area contributed by atoms with Gasteiger partial charge in [0.25, 0.3) is 0 Å². The highest BCUT2D eigenvalue weighted by Gasteiger charge is 2.62. The number of benzene rings is 1. The Morgan fingerprint density at radius 2 is 1.70 bits per heavy atom. The molecule has 0 radical (unpaired) electrons. The van der Waals surface area contributed by atoms with Gasteiger partial charge in [0.1, 0.15) is 6.54 Å². The van der Waals surface area contributed by atoms with Crippen molar-refractivity contribution >= 4 is 17.7 Å². The third-order valence-electron chi connectivity index (χ3n) is 5.93. The van der Waals surface area contributed by atoms with Crippen molar-refractivity contribution in [3.8, 4) is 0 Å². The molecule has 4 unspecified atom stereocenters. The van der Waals surface area contributed by atoms with Crippen LogP contribution < -0.4 is 5.73 Å². The van der Waals surface area contributed by atoms with Crippen LogP contribution in [0.5, 0.6) is 0 Å². The van der Waals surface area contributed by atoms with Crippen LogP contribution in [0.15, 0.2) is 30.3 Å². The van der Waals surface area contributed by atoms with Gasteiger partial charge >= 0.3 is 0 Å². The molecule has 2 bridgehead atoms. The molecule has 3 aliphatic heterocycles. The molecule has 0 saturated carbocycles. The van der Waals surface area contributed by atoms with Gasteiger partial charge < -0.3 is 15.4 Å². The number of imide groups is 1. The van der Waals surface area contributed by atoms with E-state index in [-0.39, 0.29) is 36.5 Å². The van der Waals surface area contributed by atoms with Crippen LogP contribution in [0, 0.1) is 11.8 Å². The second-order valence-electron chi connectivity index (χ2n) is 7.51. The molecular formula is C20H25N3O4. The first-order valence-electron chi connectivity index (χ1n) is 9.62. The van der Waals surface area contributed by atoms with Gasteiger partial charge in [-0.25, -0.2) is 0 Å². The van der Waals surface area contributed by atoms with Crippen LogP contribution in [0.3, 0.4) is 0 Å². The number of amides is 3. The van der Waals surface area contributed by atoms with E-state index in [9.17, 15) is 14.4 Å². The van der Waals surface area contributed by atoms with Crippen molar-refractivity contribution in [2.24, 2.45) is 17.6 Å². The van der Waals surface area contributed by atoms with E-state index in [0.29, 0.717) is 26.1 Å². The predicted molar refractivity (Wildman–Crippen MR) is 97.4 cm³/mol. The highest BCUT2D eigenvalue weighted by Crippen LogP contribution is 2.48. The fraction of sp³-hybridized carbons (Fsp3) is 0.550. The molecule has 0 aromatic heterocycles.